The van der Waals surface area contributed by atoms with E-state index in [9.17, 15) is 4.79 Å². The molecule has 1 aromatic rings. The number of nitrogens with one attached hydrogen (secondary N) is 1. The van der Waals surface area contributed by atoms with Crippen LogP contribution in [-0.2, 0) is 16.0 Å². The highest BCUT2D eigenvalue weighted by molar-refractivity contribution is 7.80. The Kier molecular flexibility index (Phi) is 5.79. The fourth-order valence-corrected chi connectivity index (χ4v) is 1.33. The molecule has 0 aliphatic carbocycles. The second-order valence-corrected chi connectivity index (χ2v) is 3.86. The number of hydrogen-bond acceptors (Lipinski definition) is 4. The van der Waals surface area contributed by atoms with Crippen molar-refractivity contribution in [3.63, 3.8) is 0 Å². The zero-order chi connectivity index (χ0) is 13.4. The van der Waals surface area contributed by atoms with Crippen LogP contribution in [0.2, 0.25) is 0 Å². The third-order valence-corrected chi connectivity index (χ3v) is 2.12. The van der Waals surface area contributed by atoms with Gasteiger partial charge in [-0.3, -0.25) is 5.43 Å². The van der Waals surface area contributed by atoms with Gasteiger partial charge in [-0.15, -0.1) is 0 Å². The van der Waals surface area contributed by atoms with Crippen LogP contribution in [-0.4, -0.2) is 23.4 Å². The van der Waals surface area contributed by atoms with Gasteiger partial charge in [0.1, 0.15) is 5.71 Å². The highest BCUT2D eigenvalue weighted by Crippen LogP contribution is 2.02. The van der Waals surface area contributed by atoms with Crippen LogP contribution in [0.15, 0.2) is 35.4 Å². The number of hydrogen-bond donors (Lipinski definition) is 2. The maximum Gasteiger partial charge on any atom is 0.354 e. The first kappa shape index (κ1) is 14.1. The number of carbonyl (C=O) groups is 1. The number of benzene rings is 1. The summed E-state index contributed by atoms with van der Waals surface area (Å²) >= 11 is 4.64. The monoisotopic (exact) mass is 265 g/mol. The van der Waals surface area contributed by atoms with Gasteiger partial charge in [-0.05, 0) is 24.7 Å². The van der Waals surface area contributed by atoms with Crippen LogP contribution in [0, 0.1) is 0 Å². The van der Waals surface area contributed by atoms with Gasteiger partial charge in [0.15, 0.2) is 5.11 Å². The molecule has 5 nitrogen and oxygen atoms in total. The normalized spacial score (nSPS) is 10.8. The largest absolute Gasteiger partial charge is 0.461 e. The number of ether oxygens (including phenoxy) is 1. The van der Waals surface area contributed by atoms with Crippen molar-refractivity contribution in [3.05, 3.63) is 35.9 Å². The molecule has 0 bridgehead atoms. The summed E-state index contributed by atoms with van der Waals surface area (Å²) in [6.45, 7) is 2.03. The summed E-state index contributed by atoms with van der Waals surface area (Å²) in [5.74, 6) is -0.481. The van der Waals surface area contributed by atoms with Gasteiger partial charge >= 0.3 is 5.97 Å². The van der Waals surface area contributed by atoms with E-state index < -0.39 is 5.97 Å². The van der Waals surface area contributed by atoms with Gasteiger partial charge < -0.3 is 10.5 Å². The minimum atomic E-state index is -0.481. The molecule has 3 N–H and O–H groups in total. The van der Waals surface area contributed by atoms with Crippen molar-refractivity contribution in [2.75, 3.05) is 6.61 Å². The first-order valence-corrected chi connectivity index (χ1v) is 5.87. The number of carbonyl (C=O) groups excluding carboxylic acids is 1. The van der Waals surface area contributed by atoms with Crippen LogP contribution < -0.4 is 11.2 Å². The predicted molar refractivity (Wildman–Crippen MR) is 74.1 cm³/mol. The summed E-state index contributed by atoms with van der Waals surface area (Å²) in [5.41, 5.74) is 8.86. The van der Waals surface area contributed by atoms with Crippen LogP contribution in [0.25, 0.3) is 0 Å². The molecule has 0 aliphatic heterocycles. The first-order valence-electron chi connectivity index (χ1n) is 5.46. The molecule has 18 heavy (non-hydrogen) atoms. The molecule has 0 saturated heterocycles. The lowest BCUT2D eigenvalue weighted by Gasteiger charge is -2.06. The third-order valence-electron chi connectivity index (χ3n) is 2.03. The standard InChI is InChI=1S/C12H15N3O2S/c1-2-17-11(16)10(14-15-12(13)18)8-9-6-4-3-5-7-9/h3-7H,2,8H2,1H3,(H3,13,15,18). The van der Waals surface area contributed by atoms with E-state index in [-0.39, 0.29) is 10.8 Å². The lowest BCUT2D eigenvalue weighted by atomic mass is 10.1. The molecule has 1 rings (SSSR count). The minimum absolute atomic E-state index is 0.00450. The Bertz CT molecular complexity index is 446. The quantitative estimate of drug-likeness (QED) is 0.359. The summed E-state index contributed by atoms with van der Waals surface area (Å²) in [4.78, 5) is 11.7. The summed E-state index contributed by atoms with van der Waals surface area (Å²) in [7, 11) is 0. The first-order chi connectivity index (χ1) is 8.63. The van der Waals surface area contributed by atoms with E-state index in [0.29, 0.717) is 13.0 Å². The number of nitrogens with zero attached hydrogens (tertiary/aromatic N) is 1. The van der Waals surface area contributed by atoms with Crippen molar-refractivity contribution < 1.29 is 9.53 Å². The van der Waals surface area contributed by atoms with Gasteiger partial charge in [-0.1, -0.05) is 30.3 Å². The van der Waals surface area contributed by atoms with Crippen LogP contribution in [0.5, 0.6) is 0 Å². The highest BCUT2D eigenvalue weighted by atomic mass is 32.1. The summed E-state index contributed by atoms with van der Waals surface area (Å²) in [6, 6.07) is 9.47. The molecule has 0 aromatic heterocycles. The lowest BCUT2D eigenvalue weighted by Crippen LogP contribution is -2.29. The number of esters is 1. The number of rotatable bonds is 5. The molecule has 0 fully saturated rings. The molecule has 0 amide bonds. The van der Waals surface area contributed by atoms with E-state index in [1.165, 1.54) is 0 Å². The van der Waals surface area contributed by atoms with Crippen LogP contribution in [0.1, 0.15) is 12.5 Å². The number of thiocarbonyl (C=S) groups is 1. The predicted octanol–water partition coefficient (Wildman–Crippen LogP) is 0.981. The maximum atomic E-state index is 11.7. The van der Waals surface area contributed by atoms with Gasteiger partial charge in [-0.25, -0.2) is 4.79 Å². The molecule has 0 aliphatic rings. The Morgan fingerprint density at radius 2 is 2.11 bits per heavy atom. The zero-order valence-corrected chi connectivity index (χ0v) is 10.9. The molecule has 0 heterocycles. The minimum Gasteiger partial charge on any atom is -0.461 e. The van der Waals surface area contributed by atoms with E-state index in [0.717, 1.165) is 5.56 Å². The lowest BCUT2D eigenvalue weighted by molar-refractivity contribution is -0.135. The van der Waals surface area contributed by atoms with E-state index in [4.69, 9.17) is 10.5 Å². The van der Waals surface area contributed by atoms with Crippen LogP contribution in [0.3, 0.4) is 0 Å². The van der Waals surface area contributed by atoms with Gasteiger partial charge in [0.25, 0.3) is 0 Å². The fraction of sp³-hybridized carbons (Fsp3) is 0.250. The van der Waals surface area contributed by atoms with Gasteiger partial charge in [0.2, 0.25) is 0 Å². The van der Waals surface area contributed by atoms with E-state index >= 15 is 0 Å². The van der Waals surface area contributed by atoms with Gasteiger partial charge in [0, 0.05) is 6.42 Å². The Morgan fingerprint density at radius 3 is 2.67 bits per heavy atom. The van der Waals surface area contributed by atoms with Crippen molar-refractivity contribution in [1.82, 2.24) is 5.43 Å². The summed E-state index contributed by atoms with van der Waals surface area (Å²) in [6.07, 6.45) is 0.356. The second-order valence-electron chi connectivity index (χ2n) is 3.42. The molecule has 1 aromatic carbocycles. The van der Waals surface area contributed by atoms with Crippen molar-refractivity contribution in [2.24, 2.45) is 10.8 Å². The topological polar surface area (TPSA) is 76.7 Å². The Labute approximate surface area is 111 Å². The van der Waals surface area contributed by atoms with E-state index in [1.807, 2.05) is 30.3 Å². The Hall–Kier alpha value is -1.95. The van der Waals surface area contributed by atoms with Crippen LogP contribution in [0.4, 0.5) is 0 Å². The maximum absolute atomic E-state index is 11.7. The van der Waals surface area contributed by atoms with E-state index in [1.54, 1.807) is 6.92 Å². The molecular formula is C12H15N3O2S. The van der Waals surface area contributed by atoms with Crippen molar-refractivity contribution in [1.29, 1.82) is 0 Å². The average Bonchev–Trinajstić information content (AvgIpc) is 2.35. The molecule has 0 radical (unpaired) electrons. The molecule has 6 heteroatoms. The summed E-state index contributed by atoms with van der Waals surface area (Å²) in [5, 5.41) is 3.87. The number of hydrazone groups is 1. The molecule has 0 saturated carbocycles. The van der Waals surface area contributed by atoms with Crippen molar-refractivity contribution in [3.8, 4) is 0 Å². The highest BCUT2D eigenvalue weighted by Gasteiger charge is 2.13. The number of nitrogens with two attached hydrogens (primary N) is 1. The summed E-state index contributed by atoms with van der Waals surface area (Å²) < 4.78 is 4.91. The molecular weight excluding hydrogens is 250 g/mol. The molecule has 96 valence electrons. The molecule has 0 atom stereocenters. The molecule has 0 spiro atoms. The third kappa shape index (κ3) is 4.92. The average molecular weight is 265 g/mol. The van der Waals surface area contributed by atoms with Crippen LogP contribution >= 0.6 is 12.2 Å². The SMILES string of the molecule is CCOC(=O)C(Cc1ccccc1)=NNC(N)=S. The second kappa shape index (κ2) is 7.39. The molecule has 0 unspecified atom stereocenters. The Balaban J connectivity index is 2.80. The Morgan fingerprint density at radius 1 is 1.44 bits per heavy atom. The fourth-order valence-electron chi connectivity index (χ4n) is 1.28. The van der Waals surface area contributed by atoms with Gasteiger partial charge in [-0.2, -0.15) is 5.10 Å². The van der Waals surface area contributed by atoms with Crippen molar-refractivity contribution in [2.45, 2.75) is 13.3 Å². The zero-order valence-electron chi connectivity index (χ0n) is 10.1. The van der Waals surface area contributed by atoms with E-state index in [2.05, 4.69) is 22.7 Å². The van der Waals surface area contributed by atoms with Crippen molar-refractivity contribution >= 4 is 29.0 Å². The smallest absolute Gasteiger partial charge is 0.354 e. The van der Waals surface area contributed by atoms with Gasteiger partial charge in [0.05, 0.1) is 6.61 Å².